The molecule has 0 atom stereocenters. The number of carbonyl (C=O) groups is 2. The minimum atomic E-state index is -3.76. The fourth-order valence-corrected chi connectivity index (χ4v) is 5.38. The van der Waals surface area contributed by atoms with Gasteiger partial charge >= 0.3 is 0 Å². The van der Waals surface area contributed by atoms with Gasteiger partial charge in [-0.15, -0.1) is 11.3 Å². The van der Waals surface area contributed by atoms with Crippen LogP contribution in [0.2, 0.25) is 5.02 Å². The normalized spacial score (nSPS) is 14.7. The van der Waals surface area contributed by atoms with E-state index in [9.17, 15) is 18.0 Å². The van der Waals surface area contributed by atoms with Crippen molar-refractivity contribution in [3.8, 4) is 0 Å². The Balaban J connectivity index is 1.70. The van der Waals surface area contributed by atoms with Crippen molar-refractivity contribution in [3.05, 3.63) is 40.0 Å². The predicted octanol–water partition coefficient (Wildman–Crippen LogP) is 3.19. The number of rotatable bonds is 6. The average Bonchev–Trinajstić information content (AvgIpc) is 3.22. The van der Waals surface area contributed by atoms with E-state index in [0.29, 0.717) is 24.5 Å². The SMILES string of the molecule is O=C(CCN1CCCC1=O)Nc1cscc1S(=O)(=O)c1ccc(Cl)cc1. The first-order chi connectivity index (χ1) is 12.4. The smallest absolute Gasteiger partial charge is 0.226 e. The average molecular weight is 413 g/mol. The number of nitrogens with one attached hydrogen (secondary N) is 1. The summed E-state index contributed by atoms with van der Waals surface area (Å²) in [6.07, 6.45) is 1.46. The fourth-order valence-electron chi connectivity index (χ4n) is 2.71. The second-order valence-corrected chi connectivity index (χ2v) is 8.99. The number of benzene rings is 1. The fraction of sp³-hybridized carbons (Fsp3) is 0.294. The van der Waals surface area contributed by atoms with Gasteiger partial charge in [0.25, 0.3) is 0 Å². The van der Waals surface area contributed by atoms with E-state index in [2.05, 4.69) is 5.32 Å². The highest BCUT2D eigenvalue weighted by Gasteiger charge is 2.24. The number of halogens is 1. The molecule has 1 aromatic heterocycles. The molecule has 1 saturated heterocycles. The standard InChI is InChI=1S/C17H17ClN2O4S2/c18-12-3-5-13(6-4-12)26(23,24)15-11-25-10-14(15)19-16(21)7-9-20-8-1-2-17(20)22/h3-6,10-11H,1-2,7-9H2,(H,19,21). The lowest BCUT2D eigenvalue weighted by molar-refractivity contribution is -0.128. The molecule has 0 aliphatic carbocycles. The molecule has 26 heavy (non-hydrogen) atoms. The first-order valence-corrected chi connectivity index (χ1v) is 10.8. The van der Waals surface area contributed by atoms with Crippen LogP contribution in [0.15, 0.2) is 44.8 Å². The van der Waals surface area contributed by atoms with Gasteiger partial charge in [-0.25, -0.2) is 8.42 Å². The number of sulfone groups is 1. The van der Waals surface area contributed by atoms with Gasteiger partial charge in [-0.1, -0.05) is 11.6 Å². The molecule has 138 valence electrons. The summed E-state index contributed by atoms with van der Waals surface area (Å²) in [4.78, 5) is 25.6. The molecule has 0 radical (unpaired) electrons. The van der Waals surface area contributed by atoms with E-state index in [-0.39, 0.29) is 33.7 Å². The highest BCUT2D eigenvalue weighted by molar-refractivity contribution is 7.91. The molecule has 2 amide bonds. The Bertz CT molecular complexity index is 922. The maximum absolute atomic E-state index is 12.8. The minimum absolute atomic E-state index is 0.0513. The quantitative estimate of drug-likeness (QED) is 0.789. The molecule has 0 bridgehead atoms. The van der Waals surface area contributed by atoms with Crippen molar-refractivity contribution in [1.82, 2.24) is 4.90 Å². The van der Waals surface area contributed by atoms with Crippen LogP contribution in [0.1, 0.15) is 19.3 Å². The molecule has 2 heterocycles. The maximum atomic E-state index is 12.8. The van der Waals surface area contributed by atoms with Crippen molar-refractivity contribution < 1.29 is 18.0 Å². The lowest BCUT2D eigenvalue weighted by Crippen LogP contribution is -2.28. The second-order valence-electron chi connectivity index (χ2n) is 5.89. The third-order valence-electron chi connectivity index (χ3n) is 4.09. The Kier molecular flexibility index (Phi) is 5.64. The van der Waals surface area contributed by atoms with Gasteiger partial charge in [0.15, 0.2) is 0 Å². The topological polar surface area (TPSA) is 83.6 Å². The highest BCUT2D eigenvalue weighted by atomic mass is 35.5. The summed E-state index contributed by atoms with van der Waals surface area (Å²) >= 11 is 7.00. The van der Waals surface area contributed by atoms with E-state index in [1.165, 1.54) is 41.0 Å². The number of anilines is 1. The van der Waals surface area contributed by atoms with Crippen LogP contribution in [0.25, 0.3) is 0 Å². The van der Waals surface area contributed by atoms with Gasteiger partial charge in [0.1, 0.15) is 4.90 Å². The van der Waals surface area contributed by atoms with E-state index in [1.807, 2.05) is 0 Å². The Morgan fingerprint density at radius 2 is 1.96 bits per heavy atom. The highest BCUT2D eigenvalue weighted by Crippen LogP contribution is 2.31. The van der Waals surface area contributed by atoms with Crippen LogP contribution in [0.4, 0.5) is 5.69 Å². The third-order valence-corrected chi connectivity index (χ3v) is 7.05. The summed E-state index contributed by atoms with van der Waals surface area (Å²) in [5.74, 6) is -0.269. The molecule has 1 aliphatic rings. The zero-order valence-electron chi connectivity index (χ0n) is 13.8. The van der Waals surface area contributed by atoms with Gasteiger partial charge < -0.3 is 10.2 Å². The van der Waals surface area contributed by atoms with Crippen molar-refractivity contribution in [3.63, 3.8) is 0 Å². The number of amides is 2. The van der Waals surface area contributed by atoms with Gasteiger partial charge in [0.2, 0.25) is 21.7 Å². The number of hydrogen-bond donors (Lipinski definition) is 1. The monoisotopic (exact) mass is 412 g/mol. The largest absolute Gasteiger partial charge is 0.342 e. The third kappa shape index (κ3) is 4.08. The van der Waals surface area contributed by atoms with Gasteiger partial charge in [-0.2, -0.15) is 0 Å². The number of nitrogens with zero attached hydrogens (tertiary/aromatic N) is 1. The summed E-state index contributed by atoms with van der Waals surface area (Å²) in [5, 5.41) is 6.16. The van der Waals surface area contributed by atoms with E-state index in [0.717, 1.165) is 6.42 Å². The number of carbonyl (C=O) groups excluding carboxylic acids is 2. The minimum Gasteiger partial charge on any atom is -0.342 e. The lowest BCUT2D eigenvalue weighted by atomic mass is 10.3. The number of likely N-dealkylation sites (tertiary alicyclic amines) is 1. The Labute approximate surface area is 160 Å². The molecule has 9 heteroatoms. The van der Waals surface area contributed by atoms with E-state index in [4.69, 9.17) is 11.6 Å². The molecular weight excluding hydrogens is 396 g/mol. The summed E-state index contributed by atoms with van der Waals surface area (Å²) in [6.45, 7) is 1.01. The number of hydrogen-bond acceptors (Lipinski definition) is 5. The molecule has 6 nitrogen and oxygen atoms in total. The molecule has 1 aromatic carbocycles. The summed E-state index contributed by atoms with van der Waals surface area (Å²) in [5.41, 5.74) is 0.252. The van der Waals surface area contributed by atoms with Crippen molar-refractivity contribution >= 4 is 50.3 Å². The molecule has 1 N–H and O–H groups in total. The summed E-state index contributed by atoms with van der Waals surface area (Å²) in [6, 6.07) is 5.87. The first kappa shape index (κ1) is 18.9. The molecule has 1 aliphatic heterocycles. The van der Waals surface area contributed by atoms with Crippen LogP contribution in [0.5, 0.6) is 0 Å². The zero-order chi connectivity index (χ0) is 18.7. The second kappa shape index (κ2) is 7.77. The van der Waals surface area contributed by atoms with Crippen LogP contribution in [0.3, 0.4) is 0 Å². The predicted molar refractivity (Wildman–Crippen MR) is 100 cm³/mol. The van der Waals surface area contributed by atoms with Gasteiger partial charge in [-0.05, 0) is 30.7 Å². The van der Waals surface area contributed by atoms with Crippen molar-refractivity contribution in [2.75, 3.05) is 18.4 Å². The molecule has 3 rings (SSSR count). The molecule has 2 aromatic rings. The van der Waals surface area contributed by atoms with Crippen molar-refractivity contribution in [2.45, 2.75) is 29.1 Å². The molecular formula is C17H17ClN2O4S2. The molecule has 0 spiro atoms. The Morgan fingerprint density at radius 1 is 1.23 bits per heavy atom. The molecule has 1 fully saturated rings. The van der Waals surface area contributed by atoms with Gasteiger partial charge in [0, 0.05) is 41.7 Å². The molecule has 0 unspecified atom stereocenters. The van der Waals surface area contributed by atoms with E-state index in [1.54, 1.807) is 10.3 Å². The number of thiophene rings is 1. The van der Waals surface area contributed by atoms with Crippen LogP contribution in [-0.2, 0) is 19.4 Å². The first-order valence-electron chi connectivity index (χ1n) is 8.02. The Morgan fingerprint density at radius 3 is 2.62 bits per heavy atom. The maximum Gasteiger partial charge on any atom is 0.226 e. The van der Waals surface area contributed by atoms with E-state index < -0.39 is 9.84 Å². The van der Waals surface area contributed by atoms with Crippen LogP contribution in [-0.4, -0.2) is 38.2 Å². The molecule has 0 saturated carbocycles. The summed E-state index contributed by atoms with van der Waals surface area (Å²) < 4.78 is 25.6. The van der Waals surface area contributed by atoms with Gasteiger partial charge in [-0.3, -0.25) is 9.59 Å². The van der Waals surface area contributed by atoms with Crippen LogP contribution in [0, 0.1) is 0 Å². The van der Waals surface area contributed by atoms with E-state index >= 15 is 0 Å². The van der Waals surface area contributed by atoms with Crippen molar-refractivity contribution in [1.29, 1.82) is 0 Å². The van der Waals surface area contributed by atoms with Gasteiger partial charge in [0.05, 0.1) is 10.6 Å². The van der Waals surface area contributed by atoms with Crippen LogP contribution < -0.4 is 5.32 Å². The Hall–Kier alpha value is -1.90. The van der Waals surface area contributed by atoms with Crippen molar-refractivity contribution in [2.24, 2.45) is 0 Å². The zero-order valence-corrected chi connectivity index (χ0v) is 16.2. The van der Waals surface area contributed by atoms with Crippen LogP contribution >= 0.6 is 22.9 Å². The lowest BCUT2D eigenvalue weighted by Gasteiger charge is -2.15. The summed E-state index contributed by atoms with van der Waals surface area (Å²) in [7, 11) is -3.76.